The summed E-state index contributed by atoms with van der Waals surface area (Å²) in [5.41, 5.74) is 3.49. The van der Waals surface area contributed by atoms with Crippen molar-refractivity contribution in [1.29, 1.82) is 0 Å². The van der Waals surface area contributed by atoms with Crippen molar-refractivity contribution in [1.82, 2.24) is 4.98 Å². The van der Waals surface area contributed by atoms with Crippen molar-refractivity contribution in [3.05, 3.63) is 107 Å². The van der Waals surface area contributed by atoms with Gasteiger partial charge in [0.15, 0.2) is 5.75 Å². The lowest BCUT2D eigenvalue weighted by atomic mass is 10.2. The van der Waals surface area contributed by atoms with Crippen molar-refractivity contribution in [2.75, 3.05) is 4.90 Å². The van der Waals surface area contributed by atoms with E-state index < -0.39 is 0 Å². The van der Waals surface area contributed by atoms with Gasteiger partial charge >= 0.3 is 6.02 Å². The van der Waals surface area contributed by atoms with E-state index in [1.165, 1.54) is 4.90 Å². The van der Waals surface area contributed by atoms with Crippen LogP contribution in [0.5, 0.6) is 5.75 Å². The lowest BCUT2D eigenvalue weighted by Gasteiger charge is -2.18. The van der Waals surface area contributed by atoms with Crippen LogP contribution in [0, 0.1) is 6.92 Å². The van der Waals surface area contributed by atoms with Gasteiger partial charge < -0.3 is 4.74 Å². The lowest BCUT2D eigenvalue weighted by molar-refractivity contribution is -0.113. The molecule has 0 bridgehead atoms. The summed E-state index contributed by atoms with van der Waals surface area (Å²) in [6, 6.07) is 24.5. The molecule has 0 spiro atoms. The van der Waals surface area contributed by atoms with Crippen LogP contribution >= 0.6 is 11.6 Å². The molecule has 1 aliphatic rings. The highest BCUT2D eigenvalue weighted by molar-refractivity contribution is 6.31. The van der Waals surface area contributed by atoms with Gasteiger partial charge in [0.25, 0.3) is 5.91 Å². The molecule has 2 heterocycles. The third-order valence-corrected chi connectivity index (χ3v) is 5.31. The number of para-hydroxylation sites is 1. The monoisotopic (exact) mass is 439 g/mol. The van der Waals surface area contributed by atoms with Crippen LogP contribution in [0.2, 0.25) is 5.02 Å². The molecule has 5 nitrogen and oxygen atoms in total. The molecule has 6 heteroatoms. The first-order chi connectivity index (χ1) is 15.6. The SMILES string of the molecule is Cc1ccc(N2C(=O)/C(=C/c3cccc(Cl)c3)N=C2Oc2cccc3cccnc23)cc1. The molecule has 0 saturated heterocycles. The second-order valence-electron chi connectivity index (χ2n) is 7.39. The molecular weight excluding hydrogens is 422 g/mol. The largest absolute Gasteiger partial charge is 0.423 e. The van der Waals surface area contributed by atoms with Gasteiger partial charge in [0, 0.05) is 16.6 Å². The molecule has 3 aromatic carbocycles. The fraction of sp³-hybridized carbons (Fsp3) is 0.0385. The number of aromatic nitrogens is 1. The molecule has 0 aliphatic carbocycles. The number of aliphatic imine (C=N–C) groups is 1. The minimum atomic E-state index is -0.281. The summed E-state index contributed by atoms with van der Waals surface area (Å²) >= 11 is 6.11. The average Bonchev–Trinajstić information content (AvgIpc) is 3.09. The van der Waals surface area contributed by atoms with Crippen LogP contribution in [0.4, 0.5) is 5.69 Å². The Morgan fingerprint density at radius 2 is 1.75 bits per heavy atom. The molecule has 1 amide bonds. The highest BCUT2D eigenvalue weighted by Gasteiger charge is 2.34. The summed E-state index contributed by atoms with van der Waals surface area (Å²) in [7, 11) is 0. The van der Waals surface area contributed by atoms with Crippen molar-refractivity contribution >= 4 is 46.2 Å². The number of ether oxygens (including phenoxy) is 1. The van der Waals surface area contributed by atoms with Gasteiger partial charge in [-0.1, -0.05) is 59.6 Å². The van der Waals surface area contributed by atoms with E-state index in [9.17, 15) is 4.79 Å². The molecule has 1 aliphatic heterocycles. The molecule has 0 radical (unpaired) electrons. The molecule has 0 atom stereocenters. The summed E-state index contributed by atoms with van der Waals surface area (Å²) in [4.78, 5) is 23.8. The van der Waals surface area contributed by atoms with Crippen LogP contribution in [0.15, 0.2) is 95.7 Å². The topological polar surface area (TPSA) is 54.8 Å². The van der Waals surface area contributed by atoms with Gasteiger partial charge in [0.2, 0.25) is 0 Å². The first-order valence-electron chi connectivity index (χ1n) is 10.1. The van der Waals surface area contributed by atoms with Crippen molar-refractivity contribution in [2.45, 2.75) is 6.92 Å². The molecule has 32 heavy (non-hydrogen) atoms. The van der Waals surface area contributed by atoms with Crippen LogP contribution in [-0.2, 0) is 4.79 Å². The number of halogens is 1. The minimum Gasteiger partial charge on any atom is -0.423 e. The van der Waals surface area contributed by atoms with E-state index in [1.54, 1.807) is 24.4 Å². The molecule has 5 rings (SSSR count). The Kier molecular flexibility index (Phi) is 5.17. The van der Waals surface area contributed by atoms with Crippen LogP contribution < -0.4 is 9.64 Å². The number of carbonyl (C=O) groups is 1. The normalized spacial score (nSPS) is 14.8. The molecule has 156 valence electrons. The zero-order valence-corrected chi connectivity index (χ0v) is 18.0. The van der Waals surface area contributed by atoms with Crippen LogP contribution in [-0.4, -0.2) is 16.9 Å². The quantitative estimate of drug-likeness (QED) is 0.367. The first-order valence-corrected chi connectivity index (χ1v) is 10.4. The zero-order chi connectivity index (χ0) is 22.1. The molecule has 0 saturated carbocycles. The number of hydrogen-bond donors (Lipinski definition) is 0. The minimum absolute atomic E-state index is 0.172. The van der Waals surface area contributed by atoms with Gasteiger partial charge in [-0.25, -0.2) is 4.90 Å². The molecule has 4 aromatic rings. The first kappa shape index (κ1) is 20.0. The zero-order valence-electron chi connectivity index (χ0n) is 17.2. The summed E-state index contributed by atoms with van der Waals surface area (Å²) in [6.45, 7) is 1.99. The smallest absolute Gasteiger partial charge is 0.310 e. The number of nitrogens with zero attached hydrogens (tertiary/aromatic N) is 3. The molecule has 0 unspecified atom stereocenters. The second kappa shape index (κ2) is 8.29. The molecule has 0 fully saturated rings. The molecule has 0 N–H and O–H groups in total. The van der Waals surface area contributed by atoms with E-state index in [4.69, 9.17) is 16.3 Å². The van der Waals surface area contributed by atoms with Gasteiger partial charge in [0.05, 0.1) is 5.69 Å². The van der Waals surface area contributed by atoms with E-state index in [-0.39, 0.29) is 17.6 Å². The number of carbonyl (C=O) groups excluding carboxylic acids is 1. The summed E-state index contributed by atoms with van der Waals surface area (Å²) < 4.78 is 6.17. The summed E-state index contributed by atoms with van der Waals surface area (Å²) in [6.07, 6.45) is 3.41. The lowest BCUT2D eigenvalue weighted by Crippen LogP contribution is -2.35. The van der Waals surface area contributed by atoms with Crippen LogP contribution in [0.25, 0.3) is 17.0 Å². The Morgan fingerprint density at radius 3 is 2.56 bits per heavy atom. The molecule has 1 aromatic heterocycles. The summed E-state index contributed by atoms with van der Waals surface area (Å²) in [5.74, 6) is 0.243. The van der Waals surface area contributed by atoms with Gasteiger partial charge in [-0.05, 0) is 55.0 Å². The highest BCUT2D eigenvalue weighted by Crippen LogP contribution is 2.29. The predicted octanol–water partition coefficient (Wildman–Crippen LogP) is 6.02. The number of aryl methyl sites for hydroxylation is 1. The number of amides is 1. The van der Waals surface area contributed by atoms with Crippen molar-refractivity contribution in [3.63, 3.8) is 0 Å². The predicted molar refractivity (Wildman–Crippen MR) is 128 cm³/mol. The second-order valence-corrected chi connectivity index (χ2v) is 7.82. The standard InChI is InChI=1S/C26H18ClN3O2/c1-17-10-12-21(13-11-17)30-25(31)22(16-18-5-2-8-20(27)15-18)29-26(30)32-23-9-3-6-19-7-4-14-28-24(19)23/h2-16H,1H3/b22-16-. The fourth-order valence-corrected chi connectivity index (χ4v) is 3.70. The van der Waals surface area contributed by atoms with E-state index >= 15 is 0 Å². The Bertz CT molecular complexity index is 1390. The number of fused-ring (bicyclic) bond motifs is 1. The van der Waals surface area contributed by atoms with Gasteiger partial charge in [-0.3, -0.25) is 9.78 Å². The maximum atomic E-state index is 13.4. The fourth-order valence-electron chi connectivity index (χ4n) is 3.50. The van der Waals surface area contributed by atoms with E-state index in [2.05, 4.69) is 9.98 Å². The van der Waals surface area contributed by atoms with Crippen molar-refractivity contribution in [3.8, 4) is 5.75 Å². The van der Waals surface area contributed by atoms with Gasteiger partial charge in [-0.2, -0.15) is 4.99 Å². The van der Waals surface area contributed by atoms with E-state index in [1.807, 2.05) is 73.7 Å². The molecular formula is C26H18ClN3O2. The number of hydrogen-bond acceptors (Lipinski definition) is 4. The maximum Gasteiger partial charge on any atom is 0.310 e. The number of amidine groups is 1. The Labute approximate surface area is 190 Å². The van der Waals surface area contributed by atoms with Crippen molar-refractivity contribution in [2.24, 2.45) is 4.99 Å². The van der Waals surface area contributed by atoms with Gasteiger partial charge in [0.1, 0.15) is 11.2 Å². The van der Waals surface area contributed by atoms with Gasteiger partial charge in [-0.15, -0.1) is 0 Å². The number of rotatable bonds is 3. The maximum absolute atomic E-state index is 13.4. The average molecular weight is 440 g/mol. The van der Waals surface area contributed by atoms with Crippen LogP contribution in [0.1, 0.15) is 11.1 Å². The third-order valence-electron chi connectivity index (χ3n) is 5.07. The van der Waals surface area contributed by atoms with Crippen LogP contribution in [0.3, 0.4) is 0 Å². The van der Waals surface area contributed by atoms with E-state index in [0.717, 1.165) is 16.5 Å². The number of pyridine rings is 1. The summed E-state index contributed by atoms with van der Waals surface area (Å²) in [5, 5.41) is 1.52. The number of anilines is 1. The van der Waals surface area contributed by atoms with Crippen molar-refractivity contribution < 1.29 is 9.53 Å². The Hall–Kier alpha value is -3.96. The number of benzene rings is 3. The Balaban J connectivity index is 1.59. The Morgan fingerprint density at radius 1 is 0.969 bits per heavy atom. The third kappa shape index (κ3) is 3.86. The highest BCUT2D eigenvalue weighted by atomic mass is 35.5. The van der Waals surface area contributed by atoms with E-state index in [0.29, 0.717) is 22.0 Å².